The van der Waals surface area contributed by atoms with Gasteiger partial charge in [-0.2, -0.15) is 0 Å². The zero-order valence-corrected chi connectivity index (χ0v) is 34.9. The first-order valence-electron chi connectivity index (χ1n) is 21.2. The van der Waals surface area contributed by atoms with E-state index in [1.807, 2.05) is 85.9 Å². The number of aromatic amines is 1. The molecule has 13 nitrogen and oxygen atoms in total. The first-order chi connectivity index (χ1) is 29.5. The van der Waals surface area contributed by atoms with Crippen LogP contribution >= 0.6 is 0 Å². The normalized spacial score (nSPS) is 17.8. The minimum absolute atomic E-state index is 0.00619. The number of aromatic nitrogens is 1. The van der Waals surface area contributed by atoms with Crippen molar-refractivity contribution in [3.63, 3.8) is 0 Å². The van der Waals surface area contributed by atoms with Crippen molar-refractivity contribution in [2.24, 2.45) is 11.8 Å². The predicted molar refractivity (Wildman–Crippen MR) is 237 cm³/mol. The summed E-state index contributed by atoms with van der Waals surface area (Å²) in [6, 6.07) is 31.4. The molecular weight excluding hydrogens is 773 g/mol. The summed E-state index contributed by atoms with van der Waals surface area (Å²) in [4.78, 5) is 59.0. The number of fused-ring (bicyclic) bond motifs is 2. The number of phenolic OH excluding ortho intramolecular Hbond substituents is 1. The molecule has 0 bridgehead atoms. The van der Waals surface area contributed by atoms with Crippen LogP contribution in [0, 0.1) is 11.8 Å². The summed E-state index contributed by atoms with van der Waals surface area (Å²) in [5, 5.41) is 27.7. The Morgan fingerprint density at radius 1 is 0.852 bits per heavy atom. The molecule has 1 aliphatic carbocycles. The van der Waals surface area contributed by atoms with Gasteiger partial charge in [-0.3, -0.25) is 19.7 Å². The van der Waals surface area contributed by atoms with Crippen LogP contribution in [0.3, 0.4) is 0 Å². The SMILES string of the molecule is CN(CCCCC(=O)N(C)c1ccc(CNC[C@H](O)c2ccc(O)c3[nH]c(=O)ccc23)cc1)C(=O)CCN1CC2CC(OC(=O)Nc3ccccc3-c3ccccc3)C[C@H]2C1. The van der Waals surface area contributed by atoms with E-state index in [9.17, 15) is 29.4 Å². The van der Waals surface area contributed by atoms with Crippen LogP contribution in [0.1, 0.15) is 55.8 Å². The van der Waals surface area contributed by atoms with Crippen LogP contribution in [0.25, 0.3) is 22.0 Å². The Kier molecular flexibility index (Phi) is 14.1. The van der Waals surface area contributed by atoms with E-state index in [1.165, 1.54) is 12.1 Å². The Hall–Kier alpha value is -6.02. The fourth-order valence-corrected chi connectivity index (χ4v) is 8.73. The Labute approximate surface area is 356 Å². The number of aliphatic hydroxyl groups is 1. The number of hydrogen-bond donors (Lipinski definition) is 5. The molecule has 7 rings (SSSR count). The van der Waals surface area contributed by atoms with Gasteiger partial charge in [0.25, 0.3) is 0 Å². The van der Waals surface area contributed by atoms with E-state index in [2.05, 4.69) is 20.5 Å². The lowest BCUT2D eigenvalue weighted by molar-refractivity contribution is -0.130. The highest BCUT2D eigenvalue weighted by molar-refractivity contribution is 5.93. The second-order valence-corrected chi connectivity index (χ2v) is 16.4. The molecule has 0 radical (unpaired) electrons. The van der Waals surface area contributed by atoms with E-state index in [4.69, 9.17) is 4.74 Å². The molecule has 4 atom stereocenters. The van der Waals surface area contributed by atoms with Gasteiger partial charge in [-0.1, -0.05) is 66.7 Å². The van der Waals surface area contributed by atoms with Crippen LogP contribution in [0.15, 0.2) is 108 Å². The number of rotatable bonds is 17. The average molecular weight is 829 g/mol. The number of para-hydroxylation sites is 1. The molecule has 61 heavy (non-hydrogen) atoms. The minimum atomic E-state index is -0.860. The average Bonchev–Trinajstić information content (AvgIpc) is 3.83. The molecule has 1 aromatic heterocycles. The minimum Gasteiger partial charge on any atom is -0.506 e. The molecule has 5 aromatic rings. The summed E-state index contributed by atoms with van der Waals surface area (Å²) in [6.45, 7) is 3.87. The number of amides is 3. The van der Waals surface area contributed by atoms with Gasteiger partial charge in [-0.15, -0.1) is 0 Å². The molecule has 5 N–H and O–H groups in total. The van der Waals surface area contributed by atoms with Crippen LogP contribution in [0.2, 0.25) is 0 Å². The predicted octanol–water partition coefficient (Wildman–Crippen LogP) is 6.66. The molecule has 13 heteroatoms. The second kappa shape index (κ2) is 20.0. The van der Waals surface area contributed by atoms with Crippen molar-refractivity contribution < 1.29 is 29.3 Å². The number of unbranched alkanes of at least 4 members (excludes halogenated alkanes) is 1. The quantitative estimate of drug-likeness (QED) is 0.0644. The third kappa shape index (κ3) is 11.0. The third-order valence-electron chi connectivity index (χ3n) is 12.1. The topological polar surface area (TPSA) is 168 Å². The molecule has 1 aliphatic heterocycles. The number of carbonyl (C=O) groups is 3. The first kappa shape index (κ1) is 43.1. The van der Waals surface area contributed by atoms with Crippen molar-refractivity contribution in [1.82, 2.24) is 20.1 Å². The van der Waals surface area contributed by atoms with Gasteiger partial charge in [0.1, 0.15) is 11.9 Å². The molecule has 4 aromatic carbocycles. The number of nitrogens with zero attached hydrogens (tertiary/aromatic N) is 3. The summed E-state index contributed by atoms with van der Waals surface area (Å²) in [6.07, 6.45) is 2.50. The number of H-pyrrole nitrogens is 1. The maximum atomic E-state index is 13.0. The van der Waals surface area contributed by atoms with E-state index >= 15 is 0 Å². The standard InChI is InChI=1S/C48H56N6O7/c1-52(45(58)23-25-54-30-34-26-37(27-35(34)31-54)61-48(60)50-41-13-7-6-12-38(41)33-10-4-3-5-11-33)24-9-8-14-46(59)53(2)36-17-15-32(16-18-36)28-49-29-43(56)39-19-21-42(55)47-40(39)20-22-44(57)51-47/h3-7,10-13,15-22,34-35,37,43,49,55-56H,8-9,14,23-31H2,1-2H3,(H,50,60)(H,51,57)/t34-,35?,37?,43-/m0/s1. The number of carbonyl (C=O) groups excluding carboxylic acids is 3. The largest absolute Gasteiger partial charge is 0.506 e. The van der Waals surface area contributed by atoms with Gasteiger partial charge in [0.15, 0.2) is 0 Å². The van der Waals surface area contributed by atoms with E-state index in [1.54, 1.807) is 29.0 Å². The maximum Gasteiger partial charge on any atom is 0.411 e. The summed E-state index contributed by atoms with van der Waals surface area (Å²) < 4.78 is 5.88. The van der Waals surface area contributed by atoms with Gasteiger partial charge in [-0.05, 0) is 84.5 Å². The molecule has 2 fully saturated rings. The second-order valence-electron chi connectivity index (χ2n) is 16.4. The van der Waals surface area contributed by atoms with Crippen LogP contribution in [-0.2, 0) is 20.9 Å². The molecule has 2 aliphatic rings. The highest BCUT2D eigenvalue weighted by Gasteiger charge is 2.42. The smallest absolute Gasteiger partial charge is 0.411 e. The fraction of sp³-hybridized carbons (Fsp3) is 0.375. The van der Waals surface area contributed by atoms with Crippen molar-refractivity contribution >= 4 is 40.2 Å². The number of aliphatic hydroxyl groups excluding tert-OH is 1. The van der Waals surface area contributed by atoms with Crippen LogP contribution in [0.5, 0.6) is 5.75 Å². The fourth-order valence-electron chi connectivity index (χ4n) is 8.73. The number of aromatic hydroxyl groups is 1. The molecule has 0 spiro atoms. The molecule has 1 saturated heterocycles. The van der Waals surface area contributed by atoms with Crippen molar-refractivity contribution in [3.05, 3.63) is 125 Å². The van der Waals surface area contributed by atoms with Crippen molar-refractivity contribution in [1.29, 1.82) is 0 Å². The number of pyridine rings is 1. The summed E-state index contributed by atoms with van der Waals surface area (Å²) >= 11 is 0. The van der Waals surface area contributed by atoms with Gasteiger partial charge >= 0.3 is 6.09 Å². The highest BCUT2D eigenvalue weighted by Crippen LogP contribution is 2.40. The Bertz CT molecular complexity index is 2340. The summed E-state index contributed by atoms with van der Waals surface area (Å²) in [5.74, 6) is 0.959. The molecule has 2 heterocycles. The summed E-state index contributed by atoms with van der Waals surface area (Å²) in [7, 11) is 3.59. The van der Waals surface area contributed by atoms with Gasteiger partial charge in [0, 0.05) is 88.9 Å². The van der Waals surface area contributed by atoms with Gasteiger partial charge in [0.05, 0.1) is 17.3 Å². The molecular formula is C48H56N6O7. The van der Waals surface area contributed by atoms with Crippen LogP contribution < -0.4 is 21.1 Å². The Morgan fingerprint density at radius 3 is 2.33 bits per heavy atom. The number of phenols is 1. The van der Waals surface area contributed by atoms with Gasteiger partial charge < -0.3 is 40.0 Å². The highest BCUT2D eigenvalue weighted by atomic mass is 16.6. The Morgan fingerprint density at radius 2 is 1.57 bits per heavy atom. The van der Waals surface area contributed by atoms with Crippen molar-refractivity contribution in [3.8, 4) is 16.9 Å². The number of ether oxygens (including phenoxy) is 1. The summed E-state index contributed by atoms with van der Waals surface area (Å²) in [5.41, 5.74) is 5.03. The number of anilines is 2. The first-order valence-corrected chi connectivity index (χ1v) is 21.2. The number of benzene rings is 4. The van der Waals surface area contributed by atoms with E-state index < -0.39 is 12.2 Å². The molecule has 3 amide bonds. The maximum absolute atomic E-state index is 13.0. The Balaban J connectivity index is 0.752. The van der Waals surface area contributed by atoms with Gasteiger partial charge in [0.2, 0.25) is 17.4 Å². The zero-order chi connectivity index (χ0) is 42.9. The lowest BCUT2D eigenvalue weighted by Gasteiger charge is -2.22. The molecule has 1 saturated carbocycles. The van der Waals surface area contributed by atoms with Gasteiger partial charge in [-0.25, -0.2) is 4.79 Å². The number of hydrogen-bond acceptors (Lipinski definition) is 9. The van der Waals surface area contributed by atoms with E-state index in [0.717, 1.165) is 60.4 Å². The van der Waals surface area contributed by atoms with Crippen LogP contribution in [0.4, 0.5) is 16.2 Å². The third-order valence-corrected chi connectivity index (χ3v) is 12.1. The van der Waals surface area contributed by atoms with Crippen molar-refractivity contribution in [2.75, 3.05) is 57.0 Å². The molecule has 320 valence electrons. The zero-order valence-electron chi connectivity index (χ0n) is 34.9. The lowest BCUT2D eigenvalue weighted by Crippen LogP contribution is -2.33. The monoisotopic (exact) mass is 828 g/mol. The van der Waals surface area contributed by atoms with E-state index in [-0.39, 0.29) is 35.8 Å². The number of nitrogens with one attached hydrogen (secondary N) is 3. The van der Waals surface area contributed by atoms with Crippen molar-refractivity contribution in [2.45, 2.75) is 57.3 Å². The van der Waals surface area contributed by atoms with Crippen LogP contribution in [-0.4, -0.2) is 95.8 Å². The van der Waals surface area contributed by atoms with E-state index in [0.29, 0.717) is 67.2 Å². The lowest BCUT2D eigenvalue weighted by atomic mass is 10.0. The molecule has 2 unspecified atom stereocenters. The number of likely N-dealkylation sites (tertiary alicyclic amines) is 1.